The van der Waals surface area contributed by atoms with Gasteiger partial charge in [-0.1, -0.05) is 17.7 Å². The van der Waals surface area contributed by atoms with E-state index < -0.39 is 0 Å². The zero-order chi connectivity index (χ0) is 25.1. The highest BCUT2D eigenvalue weighted by molar-refractivity contribution is 6.31. The molecule has 10 heteroatoms. The number of likely N-dealkylation sites (N-methyl/N-ethyl adjacent to an activating group) is 1. The van der Waals surface area contributed by atoms with Gasteiger partial charge in [0.05, 0.1) is 27.8 Å². The molecule has 0 bridgehead atoms. The van der Waals surface area contributed by atoms with Gasteiger partial charge in [0.1, 0.15) is 12.6 Å². The quantitative estimate of drug-likeness (QED) is 0.541. The number of nitriles is 1. The monoisotopic (exact) mass is 492 g/mol. The van der Waals surface area contributed by atoms with Gasteiger partial charge < -0.3 is 14.7 Å². The number of halogens is 1. The number of anilines is 1. The average molecular weight is 493 g/mol. The van der Waals surface area contributed by atoms with Gasteiger partial charge >= 0.3 is 0 Å². The number of rotatable bonds is 5. The minimum Gasteiger partial charge on any atom is -0.368 e. The highest BCUT2D eigenvalue weighted by Crippen LogP contribution is 2.21. The second kappa shape index (κ2) is 10.2. The lowest BCUT2D eigenvalue weighted by atomic mass is 10.1. The van der Waals surface area contributed by atoms with Gasteiger partial charge in [-0.3, -0.25) is 19.0 Å². The lowest BCUT2D eigenvalue weighted by Gasteiger charge is -2.35. The van der Waals surface area contributed by atoms with Crippen molar-refractivity contribution in [2.45, 2.75) is 20.0 Å². The summed E-state index contributed by atoms with van der Waals surface area (Å²) in [4.78, 5) is 47.4. The Hall–Kier alpha value is -3.90. The molecular formula is C25H25ClN6O3. The van der Waals surface area contributed by atoms with Crippen LogP contribution in [0, 0.1) is 11.3 Å². The summed E-state index contributed by atoms with van der Waals surface area (Å²) >= 11 is 6.09. The number of hydrogen-bond acceptors (Lipinski definition) is 6. The Morgan fingerprint density at radius 3 is 2.54 bits per heavy atom. The molecule has 0 spiro atoms. The van der Waals surface area contributed by atoms with Crippen LogP contribution < -0.4 is 10.5 Å². The fourth-order valence-electron chi connectivity index (χ4n) is 4.11. The van der Waals surface area contributed by atoms with E-state index in [0.717, 1.165) is 11.3 Å². The maximum atomic E-state index is 13.2. The van der Waals surface area contributed by atoms with E-state index in [1.165, 1.54) is 15.8 Å². The van der Waals surface area contributed by atoms with Gasteiger partial charge in [-0.15, -0.1) is 0 Å². The number of aromatic nitrogens is 2. The zero-order valence-corrected chi connectivity index (χ0v) is 20.3. The van der Waals surface area contributed by atoms with Crippen molar-refractivity contribution in [1.29, 1.82) is 5.26 Å². The van der Waals surface area contributed by atoms with E-state index in [0.29, 0.717) is 47.7 Å². The molecule has 2 heterocycles. The maximum absolute atomic E-state index is 13.2. The van der Waals surface area contributed by atoms with Gasteiger partial charge in [0, 0.05) is 52.4 Å². The van der Waals surface area contributed by atoms with Crippen LogP contribution >= 0.6 is 11.6 Å². The first kappa shape index (κ1) is 24.2. The summed E-state index contributed by atoms with van der Waals surface area (Å²) in [7, 11) is 1.65. The molecule has 1 aliphatic rings. The van der Waals surface area contributed by atoms with Crippen molar-refractivity contribution in [3.63, 3.8) is 0 Å². The van der Waals surface area contributed by atoms with E-state index >= 15 is 0 Å². The van der Waals surface area contributed by atoms with Gasteiger partial charge in [0.2, 0.25) is 11.8 Å². The van der Waals surface area contributed by atoms with E-state index in [-0.39, 0.29) is 30.5 Å². The first-order chi connectivity index (χ1) is 16.8. The van der Waals surface area contributed by atoms with Crippen LogP contribution in [0.15, 0.2) is 47.5 Å². The average Bonchev–Trinajstić information content (AvgIpc) is 2.85. The Labute approximate surface area is 207 Å². The summed E-state index contributed by atoms with van der Waals surface area (Å²) in [5.41, 5.74) is 2.31. The molecule has 35 heavy (non-hydrogen) atoms. The Morgan fingerprint density at radius 1 is 1.14 bits per heavy atom. The van der Waals surface area contributed by atoms with E-state index in [9.17, 15) is 14.4 Å². The molecule has 3 aromatic rings. The molecule has 1 aliphatic heterocycles. The van der Waals surface area contributed by atoms with Crippen LogP contribution in [0.5, 0.6) is 0 Å². The van der Waals surface area contributed by atoms with Crippen LogP contribution in [-0.4, -0.2) is 64.4 Å². The van der Waals surface area contributed by atoms with Gasteiger partial charge in [0.15, 0.2) is 0 Å². The third-order valence-electron chi connectivity index (χ3n) is 6.20. The highest BCUT2D eigenvalue weighted by Gasteiger charge is 2.20. The first-order valence-electron chi connectivity index (χ1n) is 11.2. The summed E-state index contributed by atoms with van der Waals surface area (Å²) in [5.74, 6) is -0.197. The minimum absolute atomic E-state index is 0.0622. The van der Waals surface area contributed by atoms with Gasteiger partial charge in [-0.2, -0.15) is 5.26 Å². The number of hydrogen-bond donors (Lipinski definition) is 0. The van der Waals surface area contributed by atoms with Crippen molar-refractivity contribution in [2.24, 2.45) is 0 Å². The van der Waals surface area contributed by atoms with Crippen LogP contribution in [-0.2, 0) is 22.7 Å². The molecule has 2 amide bonds. The number of benzene rings is 2. The topological polar surface area (TPSA) is 103 Å². The molecule has 1 saturated heterocycles. The van der Waals surface area contributed by atoms with E-state index in [2.05, 4.69) is 9.88 Å². The minimum atomic E-state index is -0.289. The molecule has 1 aromatic heterocycles. The third-order valence-corrected chi connectivity index (χ3v) is 6.52. The molecule has 180 valence electrons. The van der Waals surface area contributed by atoms with E-state index in [1.807, 2.05) is 12.1 Å². The summed E-state index contributed by atoms with van der Waals surface area (Å²) < 4.78 is 1.31. The Bertz CT molecular complexity index is 1390. The molecule has 9 nitrogen and oxygen atoms in total. The van der Waals surface area contributed by atoms with Crippen molar-refractivity contribution in [2.75, 3.05) is 38.1 Å². The van der Waals surface area contributed by atoms with Crippen LogP contribution in [0.3, 0.4) is 0 Å². The number of nitrogens with zero attached hydrogens (tertiary/aromatic N) is 6. The summed E-state index contributed by atoms with van der Waals surface area (Å²) in [6.45, 7) is 4.34. The standard InChI is InChI=1S/C25H25ClN6O3/c1-17(33)30-7-9-31(10-8-30)20-5-6-23-21(12-20)25(35)32(16-28-23)15-24(34)29(2)14-18-3-4-19(13-27)22(26)11-18/h3-6,11-12,16H,7-10,14-15H2,1-2H3. The fourth-order valence-corrected chi connectivity index (χ4v) is 4.36. The van der Waals surface area contributed by atoms with Gasteiger partial charge in [0.25, 0.3) is 5.56 Å². The van der Waals surface area contributed by atoms with E-state index in [1.54, 1.807) is 49.2 Å². The van der Waals surface area contributed by atoms with Gasteiger partial charge in [-0.05, 0) is 35.9 Å². The predicted molar refractivity (Wildman–Crippen MR) is 133 cm³/mol. The lowest BCUT2D eigenvalue weighted by Crippen LogP contribution is -2.48. The van der Waals surface area contributed by atoms with Crippen molar-refractivity contribution in [1.82, 2.24) is 19.4 Å². The van der Waals surface area contributed by atoms with Crippen LogP contribution in [0.1, 0.15) is 18.1 Å². The van der Waals surface area contributed by atoms with E-state index in [4.69, 9.17) is 16.9 Å². The molecule has 0 radical (unpaired) electrons. The second-order valence-electron chi connectivity index (χ2n) is 8.55. The molecule has 4 rings (SSSR count). The Morgan fingerprint density at radius 2 is 1.89 bits per heavy atom. The molecule has 2 aromatic carbocycles. The van der Waals surface area contributed by atoms with Crippen molar-refractivity contribution >= 4 is 40.0 Å². The number of carbonyl (C=O) groups is 2. The fraction of sp³-hybridized carbons (Fsp3) is 0.320. The SMILES string of the molecule is CC(=O)N1CCN(c2ccc3ncn(CC(=O)N(C)Cc4ccc(C#N)c(Cl)c4)c(=O)c3c2)CC1. The molecule has 1 fully saturated rings. The zero-order valence-electron chi connectivity index (χ0n) is 19.6. The van der Waals surface area contributed by atoms with Crippen LogP contribution in [0.25, 0.3) is 10.9 Å². The second-order valence-corrected chi connectivity index (χ2v) is 8.96. The molecule has 0 N–H and O–H groups in total. The molecular weight excluding hydrogens is 468 g/mol. The number of fused-ring (bicyclic) bond motifs is 1. The molecule has 0 atom stereocenters. The molecule has 0 unspecified atom stereocenters. The summed E-state index contributed by atoms with van der Waals surface area (Å²) in [6, 6.07) is 12.6. The first-order valence-corrected chi connectivity index (χ1v) is 11.6. The number of piperazine rings is 1. The highest BCUT2D eigenvalue weighted by atomic mass is 35.5. The normalized spacial score (nSPS) is 13.5. The van der Waals surface area contributed by atoms with Crippen molar-refractivity contribution in [3.05, 3.63) is 69.2 Å². The van der Waals surface area contributed by atoms with Crippen LogP contribution in [0.2, 0.25) is 5.02 Å². The van der Waals surface area contributed by atoms with Crippen molar-refractivity contribution < 1.29 is 9.59 Å². The smallest absolute Gasteiger partial charge is 0.261 e. The van der Waals surface area contributed by atoms with Gasteiger partial charge in [-0.25, -0.2) is 4.98 Å². The third kappa shape index (κ3) is 5.28. The lowest BCUT2D eigenvalue weighted by molar-refractivity contribution is -0.131. The predicted octanol–water partition coefficient (Wildman–Crippen LogP) is 2.25. The molecule has 0 saturated carbocycles. The Balaban J connectivity index is 1.49. The maximum Gasteiger partial charge on any atom is 0.261 e. The van der Waals surface area contributed by atoms with Crippen molar-refractivity contribution in [3.8, 4) is 6.07 Å². The number of carbonyl (C=O) groups excluding carboxylic acids is 2. The Kier molecular flexibility index (Phi) is 7.03. The van der Waals surface area contributed by atoms with Crippen LogP contribution in [0.4, 0.5) is 5.69 Å². The summed E-state index contributed by atoms with van der Waals surface area (Å²) in [5, 5.41) is 9.78. The summed E-state index contributed by atoms with van der Waals surface area (Å²) in [6.07, 6.45) is 1.39. The largest absolute Gasteiger partial charge is 0.368 e. The molecule has 0 aliphatic carbocycles. The number of amides is 2.